The second-order valence-electron chi connectivity index (χ2n) is 5.35. The largest absolute Gasteiger partial charge is 0.337 e. The number of aromatic nitrogens is 6. The second kappa shape index (κ2) is 5.98. The summed E-state index contributed by atoms with van der Waals surface area (Å²) in [5.74, 6) is 0.570. The minimum atomic E-state index is 0.356. The molecule has 4 aromatic rings. The van der Waals surface area contributed by atoms with E-state index in [1.807, 2.05) is 29.8 Å². The summed E-state index contributed by atoms with van der Waals surface area (Å²) >= 11 is 0. The molecule has 0 saturated heterocycles. The number of hydrogen-bond donors (Lipinski definition) is 1. The lowest BCUT2D eigenvalue weighted by Gasteiger charge is -2.09. The van der Waals surface area contributed by atoms with Crippen LogP contribution in [0.25, 0.3) is 22.4 Å². The number of aryl methyl sites for hydroxylation is 1. The molecule has 0 unspecified atom stereocenters. The standard InChI is InChI=1S/C17H12N8/c1-25-10-19-8-15(25)13-4-5-14-16(24-13)17(22-9-21-14)23-12-3-2-11(6-18)20-7-12/h2-5,7-10H,1H3,(H,21,22,23). The number of nitrogens with one attached hydrogen (secondary N) is 1. The molecule has 0 spiro atoms. The van der Waals surface area contributed by atoms with E-state index in [0.29, 0.717) is 22.7 Å². The Bertz CT molecular complexity index is 1090. The predicted octanol–water partition coefficient (Wildman–Crippen LogP) is 2.44. The van der Waals surface area contributed by atoms with Crippen molar-refractivity contribution in [1.82, 2.24) is 29.5 Å². The Morgan fingerprint density at radius 1 is 1.08 bits per heavy atom. The fourth-order valence-corrected chi connectivity index (χ4v) is 2.45. The van der Waals surface area contributed by atoms with Crippen molar-refractivity contribution < 1.29 is 0 Å². The molecule has 0 aliphatic rings. The highest BCUT2D eigenvalue weighted by Crippen LogP contribution is 2.24. The topological polar surface area (TPSA) is 105 Å². The van der Waals surface area contributed by atoms with Crippen LogP contribution in [0, 0.1) is 11.3 Å². The average molecular weight is 328 g/mol. The van der Waals surface area contributed by atoms with Crippen LogP contribution in [0.1, 0.15) is 5.69 Å². The third-order valence-electron chi connectivity index (χ3n) is 3.70. The van der Waals surface area contributed by atoms with Crippen LogP contribution in [0.15, 0.2) is 49.3 Å². The molecule has 0 aliphatic carbocycles. The summed E-state index contributed by atoms with van der Waals surface area (Å²) in [5, 5.41) is 12.0. The van der Waals surface area contributed by atoms with Crippen molar-refractivity contribution in [1.29, 1.82) is 5.26 Å². The lowest BCUT2D eigenvalue weighted by molar-refractivity contribution is 0.917. The molecule has 4 rings (SSSR count). The first-order valence-corrected chi connectivity index (χ1v) is 7.46. The molecule has 0 aromatic carbocycles. The van der Waals surface area contributed by atoms with Gasteiger partial charge in [-0.05, 0) is 24.3 Å². The summed E-state index contributed by atoms with van der Waals surface area (Å²) in [6.45, 7) is 0. The highest BCUT2D eigenvalue weighted by Gasteiger charge is 2.10. The number of fused-ring (bicyclic) bond motifs is 1. The number of imidazole rings is 1. The van der Waals surface area contributed by atoms with Crippen LogP contribution in [-0.4, -0.2) is 29.5 Å². The van der Waals surface area contributed by atoms with Gasteiger partial charge in [0, 0.05) is 7.05 Å². The van der Waals surface area contributed by atoms with E-state index in [1.54, 1.807) is 30.9 Å². The Labute approximate surface area is 142 Å². The van der Waals surface area contributed by atoms with E-state index in [4.69, 9.17) is 5.26 Å². The highest BCUT2D eigenvalue weighted by molar-refractivity contribution is 5.88. The predicted molar refractivity (Wildman–Crippen MR) is 91.8 cm³/mol. The van der Waals surface area contributed by atoms with Crippen LogP contribution in [0.4, 0.5) is 11.5 Å². The number of pyridine rings is 2. The van der Waals surface area contributed by atoms with Crippen LogP contribution >= 0.6 is 0 Å². The third-order valence-corrected chi connectivity index (χ3v) is 3.70. The SMILES string of the molecule is Cn1cncc1-c1ccc2ncnc(Nc3ccc(C#N)nc3)c2n1. The van der Waals surface area contributed by atoms with Gasteiger partial charge >= 0.3 is 0 Å². The average Bonchev–Trinajstić information content (AvgIpc) is 3.08. The molecule has 0 amide bonds. The Morgan fingerprint density at radius 3 is 2.72 bits per heavy atom. The van der Waals surface area contributed by atoms with Crippen molar-refractivity contribution in [2.75, 3.05) is 5.32 Å². The van der Waals surface area contributed by atoms with Crippen molar-refractivity contribution in [3.8, 4) is 17.5 Å². The van der Waals surface area contributed by atoms with Gasteiger partial charge in [0.1, 0.15) is 23.6 Å². The van der Waals surface area contributed by atoms with Crippen molar-refractivity contribution in [3.05, 3.63) is 55.0 Å². The quantitative estimate of drug-likeness (QED) is 0.615. The molecule has 0 atom stereocenters. The normalized spacial score (nSPS) is 10.6. The molecule has 120 valence electrons. The zero-order valence-corrected chi connectivity index (χ0v) is 13.2. The van der Waals surface area contributed by atoms with Crippen molar-refractivity contribution >= 4 is 22.5 Å². The molecule has 0 aliphatic heterocycles. The molecular formula is C17H12N8. The summed E-state index contributed by atoms with van der Waals surface area (Å²) in [5.41, 5.74) is 4.12. The smallest absolute Gasteiger partial charge is 0.160 e. The fraction of sp³-hybridized carbons (Fsp3) is 0.0588. The van der Waals surface area contributed by atoms with Gasteiger partial charge in [0.25, 0.3) is 0 Å². The maximum Gasteiger partial charge on any atom is 0.160 e. The van der Waals surface area contributed by atoms with E-state index in [-0.39, 0.29) is 0 Å². The molecule has 0 fully saturated rings. The van der Waals surface area contributed by atoms with Gasteiger partial charge in [-0.1, -0.05) is 0 Å². The van der Waals surface area contributed by atoms with Gasteiger partial charge < -0.3 is 9.88 Å². The fourth-order valence-electron chi connectivity index (χ4n) is 2.45. The number of nitrogens with zero attached hydrogens (tertiary/aromatic N) is 7. The molecule has 0 radical (unpaired) electrons. The molecule has 25 heavy (non-hydrogen) atoms. The Kier molecular flexibility index (Phi) is 3.52. The molecule has 8 heteroatoms. The number of nitriles is 1. The first-order valence-electron chi connectivity index (χ1n) is 7.46. The van der Waals surface area contributed by atoms with E-state index in [2.05, 4.69) is 30.2 Å². The van der Waals surface area contributed by atoms with Gasteiger partial charge in [-0.2, -0.15) is 5.26 Å². The van der Waals surface area contributed by atoms with Crippen LogP contribution in [-0.2, 0) is 7.05 Å². The maximum absolute atomic E-state index is 8.83. The van der Waals surface area contributed by atoms with Crippen molar-refractivity contribution in [3.63, 3.8) is 0 Å². The molecular weight excluding hydrogens is 316 g/mol. The lowest BCUT2D eigenvalue weighted by Crippen LogP contribution is -2.00. The first kappa shape index (κ1) is 14.7. The van der Waals surface area contributed by atoms with Crippen LogP contribution in [0.2, 0.25) is 0 Å². The van der Waals surface area contributed by atoms with E-state index in [0.717, 1.165) is 16.9 Å². The lowest BCUT2D eigenvalue weighted by atomic mass is 10.2. The zero-order chi connectivity index (χ0) is 17.2. The van der Waals surface area contributed by atoms with Gasteiger partial charge in [-0.15, -0.1) is 0 Å². The number of anilines is 2. The van der Waals surface area contributed by atoms with E-state index in [9.17, 15) is 0 Å². The summed E-state index contributed by atoms with van der Waals surface area (Å²) < 4.78 is 1.90. The van der Waals surface area contributed by atoms with Crippen molar-refractivity contribution in [2.45, 2.75) is 0 Å². The maximum atomic E-state index is 8.83. The minimum Gasteiger partial charge on any atom is -0.337 e. The number of hydrogen-bond acceptors (Lipinski definition) is 7. The summed E-state index contributed by atoms with van der Waals surface area (Å²) in [7, 11) is 1.91. The van der Waals surface area contributed by atoms with Gasteiger partial charge in [0.05, 0.1) is 41.3 Å². The first-order chi connectivity index (χ1) is 12.2. The van der Waals surface area contributed by atoms with Gasteiger partial charge in [0.15, 0.2) is 5.82 Å². The van der Waals surface area contributed by atoms with Gasteiger partial charge in [-0.25, -0.2) is 24.9 Å². The van der Waals surface area contributed by atoms with E-state index < -0.39 is 0 Å². The van der Waals surface area contributed by atoms with Gasteiger partial charge in [0.2, 0.25) is 0 Å². The summed E-state index contributed by atoms with van der Waals surface area (Å²) in [6, 6.07) is 9.20. The molecule has 0 bridgehead atoms. The Morgan fingerprint density at radius 2 is 2.00 bits per heavy atom. The minimum absolute atomic E-state index is 0.356. The zero-order valence-electron chi connectivity index (χ0n) is 13.2. The van der Waals surface area contributed by atoms with Crippen LogP contribution in [0.5, 0.6) is 0 Å². The van der Waals surface area contributed by atoms with Gasteiger partial charge in [-0.3, -0.25) is 0 Å². The monoisotopic (exact) mass is 328 g/mol. The highest BCUT2D eigenvalue weighted by atomic mass is 15.1. The number of rotatable bonds is 3. The summed E-state index contributed by atoms with van der Waals surface area (Å²) in [4.78, 5) is 21.4. The molecule has 4 aromatic heterocycles. The molecule has 8 nitrogen and oxygen atoms in total. The third kappa shape index (κ3) is 2.74. The Balaban J connectivity index is 1.77. The molecule has 4 heterocycles. The molecule has 0 saturated carbocycles. The van der Waals surface area contributed by atoms with E-state index >= 15 is 0 Å². The second-order valence-corrected chi connectivity index (χ2v) is 5.35. The van der Waals surface area contributed by atoms with Crippen LogP contribution in [0.3, 0.4) is 0 Å². The molecule has 1 N–H and O–H groups in total. The van der Waals surface area contributed by atoms with Crippen molar-refractivity contribution in [2.24, 2.45) is 7.05 Å². The Hall–Kier alpha value is -3.86. The summed E-state index contributed by atoms with van der Waals surface area (Å²) in [6.07, 6.45) is 6.55. The van der Waals surface area contributed by atoms with Crippen LogP contribution < -0.4 is 5.32 Å². The van der Waals surface area contributed by atoms with E-state index in [1.165, 1.54) is 6.33 Å².